The first-order valence-electron chi connectivity index (χ1n) is 8.55. The standard InChI is InChI=1S/C18H23F3N2O/c1-12(10-13-2-4-14(5-3-13)18(19,20)21)17(24)23-15-6-7-16(23)11-22-9-8-15/h2-5,12,15-16,22H,6-11H2,1H3. The zero-order valence-corrected chi connectivity index (χ0v) is 13.8. The average Bonchev–Trinajstić information content (AvgIpc) is 2.79. The fraction of sp³-hybridized carbons (Fsp3) is 0.611. The second-order valence-electron chi connectivity index (χ2n) is 6.92. The predicted octanol–water partition coefficient (Wildman–Crippen LogP) is 3.24. The number of carbonyl (C=O) groups excluding carboxylic acids is 1. The van der Waals surface area contributed by atoms with Crippen LogP contribution < -0.4 is 5.32 Å². The average molecular weight is 340 g/mol. The van der Waals surface area contributed by atoms with Gasteiger partial charge in [0.2, 0.25) is 5.91 Å². The molecular formula is C18H23F3N2O. The van der Waals surface area contributed by atoms with Crippen LogP contribution in [0, 0.1) is 5.92 Å². The third-order valence-corrected chi connectivity index (χ3v) is 5.15. The van der Waals surface area contributed by atoms with Gasteiger partial charge in [0, 0.05) is 24.5 Å². The summed E-state index contributed by atoms with van der Waals surface area (Å²) in [4.78, 5) is 14.9. The van der Waals surface area contributed by atoms with Crippen LogP contribution in [0.15, 0.2) is 24.3 Å². The van der Waals surface area contributed by atoms with Crippen LogP contribution in [0.25, 0.3) is 0 Å². The lowest BCUT2D eigenvalue weighted by Crippen LogP contribution is -2.45. The van der Waals surface area contributed by atoms with Crippen LogP contribution in [0.2, 0.25) is 0 Å². The van der Waals surface area contributed by atoms with Crippen molar-refractivity contribution in [1.29, 1.82) is 0 Å². The summed E-state index contributed by atoms with van der Waals surface area (Å²) in [7, 11) is 0. The zero-order valence-electron chi connectivity index (χ0n) is 13.8. The molecular weight excluding hydrogens is 317 g/mol. The molecule has 2 heterocycles. The highest BCUT2D eigenvalue weighted by molar-refractivity contribution is 5.80. The highest BCUT2D eigenvalue weighted by atomic mass is 19.4. The van der Waals surface area contributed by atoms with Crippen molar-refractivity contribution < 1.29 is 18.0 Å². The molecule has 3 unspecified atom stereocenters. The highest BCUT2D eigenvalue weighted by Crippen LogP contribution is 2.31. The van der Waals surface area contributed by atoms with E-state index in [1.54, 1.807) is 0 Å². The van der Waals surface area contributed by atoms with E-state index in [0.717, 1.165) is 50.0 Å². The number of halogens is 3. The monoisotopic (exact) mass is 340 g/mol. The van der Waals surface area contributed by atoms with E-state index in [9.17, 15) is 18.0 Å². The van der Waals surface area contributed by atoms with Crippen LogP contribution in [0.4, 0.5) is 13.2 Å². The number of amides is 1. The van der Waals surface area contributed by atoms with Gasteiger partial charge in [0.05, 0.1) is 5.56 Å². The lowest BCUT2D eigenvalue weighted by atomic mass is 9.98. The van der Waals surface area contributed by atoms with Gasteiger partial charge in [0.25, 0.3) is 0 Å². The smallest absolute Gasteiger partial charge is 0.335 e. The number of nitrogens with one attached hydrogen (secondary N) is 1. The summed E-state index contributed by atoms with van der Waals surface area (Å²) < 4.78 is 37.9. The van der Waals surface area contributed by atoms with E-state index in [2.05, 4.69) is 5.32 Å². The Morgan fingerprint density at radius 1 is 1.21 bits per heavy atom. The molecule has 0 radical (unpaired) electrons. The fourth-order valence-corrected chi connectivity index (χ4v) is 3.87. The number of benzene rings is 1. The van der Waals surface area contributed by atoms with E-state index in [1.807, 2.05) is 11.8 Å². The first kappa shape index (κ1) is 17.3. The van der Waals surface area contributed by atoms with Crippen LogP contribution in [-0.2, 0) is 17.4 Å². The predicted molar refractivity (Wildman–Crippen MR) is 85.5 cm³/mol. The molecule has 1 aromatic carbocycles. The molecule has 1 N–H and O–H groups in total. The van der Waals surface area contributed by atoms with Crippen molar-refractivity contribution in [2.75, 3.05) is 13.1 Å². The third kappa shape index (κ3) is 3.58. The minimum absolute atomic E-state index is 0.131. The molecule has 3 atom stereocenters. The summed E-state index contributed by atoms with van der Waals surface area (Å²) in [6, 6.07) is 5.71. The SMILES string of the molecule is CC(Cc1ccc(C(F)(F)F)cc1)C(=O)N1C2CCNCC1CC2. The molecule has 24 heavy (non-hydrogen) atoms. The van der Waals surface area contributed by atoms with Gasteiger partial charge in [-0.2, -0.15) is 13.2 Å². The Morgan fingerprint density at radius 3 is 2.54 bits per heavy atom. The molecule has 1 amide bonds. The van der Waals surface area contributed by atoms with Crippen molar-refractivity contribution in [3.05, 3.63) is 35.4 Å². The Kier molecular flexibility index (Phi) is 4.85. The molecule has 0 spiro atoms. The number of alkyl halides is 3. The van der Waals surface area contributed by atoms with Gasteiger partial charge in [-0.15, -0.1) is 0 Å². The molecule has 2 bridgehead atoms. The van der Waals surface area contributed by atoms with E-state index in [1.165, 1.54) is 12.1 Å². The fourth-order valence-electron chi connectivity index (χ4n) is 3.87. The van der Waals surface area contributed by atoms with Crippen molar-refractivity contribution in [3.8, 4) is 0 Å². The van der Waals surface area contributed by atoms with Crippen molar-refractivity contribution in [2.24, 2.45) is 5.92 Å². The highest BCUT2D eigenvalue weighted by Gasteiger charge is 2.39. The second kappa shape index (κ2) is 6.75. The van der Waals surface area contributed by atoms with E-state index >= 15 is 0 Å². The second-order valence-corrected chi connectivity index (χ2v) is 6.92. The Morgan fingerprint density at radius 2 is 1.88 bits per heavy atom. The van der Waals surface area contributed by atoms with Crippen molar-refractivity contribution in [3.63, 3.8) is 0 Å². The number of hydrogen-bond donors (Lipinski definition) is 1. The normalized spacial score (nSPS) is 25.4. The van der Waals surface area contributed by atoms with Gasteiger partial charge in [-0.3, -0.25) is 4.79 Å². The van der Waals surface area contributed by atoms with Crippen molar-refractivity contribution >= 4 is 5.91 Å². The van der Waals surface area contributed by atoms with Crippen LogP contribution in [-0.4, -0.2) is 36.0 Å². The molecule has 3 rings (SSSR count). The summed E-state index contributed by atoms with van der Waals surface area (Å²) in [5.41, 5.74) is 0.117. The summed E-state index contributed by atoms with van der Waals surface area (Å²) in [5.74, 6) is -0.0889. The van der Waals surface area contributed by atoms with E-state index in [0.29, 0.717) is 12.5 Å². The number of fused-ring (bicyclic) bond motifs is 2. The Balaban J connectivity index is 1.66. The number of carbonyl (C=O) groups is 1. The van der Waals surface area contributed by atoms with Gasteiger partial charge in [-0.05, 0) is 49.9 Å². The summed E-state index contributed by atoms with van der Waals surface area (Å²) in [6.45, 7) is 3.66. The number of hydrogen-bond acceptors (Lipinski definition) is 2. The Labute approximate surface area is 140 Å². The van der Waals surface area contributed by atoms with Crippen LogP contribution in [0.1, 0.15) is 37.3 Å². The molecule has 0 aliphatic carbocycles. The van der Waals surface area contributed by atoms with Gasteiger partial charge in [0.1, 0.15) is 0 Å². The van der Waals surface area contributed by atoms with Gasteiger partial charge in [-0.1, -0.05) is 19.1 Å². The number of rotatable bonds is 3. The minimum Gasteiger partial charge on any atom is -0.335 e. The molecule has 0 aromatic heterocycles. The quantitative estimate of drug-likeness (QED) is 0.916. The molecule has 3 nitrogen and oxygen atoms in total. The summed E-state index contributed by atoms with van der Waals surface area (Å²) in [6.07, 6.45) is -0.769. The Hall–Kier alpha value is -1.56. The molecule has 2 saturated heterocycles. The third-order valence-electron chi connectivity index (χ3n) is 5.15. The van der Waals surface area contributed by atoms with Gasteiger partial charge in [0.15, 0.2) is 0 Å². The molecule has 2 aliphatic rings. The molecule has 0 saturated carbocycles. The molecule has 1 aromatic rings. The molecule has 2 fully saturated rings. The van der Waals surface area contributed by atoms with Crippen molar-refractivity contribution in [2.45, 2.75) is 50.9 Å². The van der Waals surface area contributed by atoms with E-state index < -0.39 is 11.7 Å². The summed E-state index contributed by atoms with van der Waals surface area (Å²) >= 11 is 0. The maximum Gasteiger partial charge on any atom is 0.416 e. The first-order valence-corrected chi connectivity index (χ1v) is 8.55. The molecule has 6 heteroatoms. The van der Waals surface area contributed by atoms with Gasteiger partial charge < -0.3 is 10.2 Å². The summed E-state index contributed by atoms with van der Waals surface area (Å²) in [5, 5.41) is 3.37. The van der Waals surface area contributed by atoms with E-state index in [4.69, 9.17) is 0 Å². The van der Waals surface area contributed by atoms with Gasteiger partial charge >= 0.3 is 6.18 Å². The first-order chi connectivity index (χ1) is 11.4. The van der Waals surface area contributed by atoms with Gasteiger partial charge in [-0.25, -0.2) is 0 Å². The van der Waals surface area contributed by atoms with Crippen molar-refractivity contribution in [1.82, 2.24) is 10.2 Å². The lowest BCUT2D eigenvalue weighted by molar-refractivity contribution is -0.138. The minimum atomic E-state index is -4.32. The van der Waals surface area contributed by atoms with E-state index in [-0.39, 0.29) is 17.9 Å². The maximum atomic E-state index is 12.9. The topological polar surface area (TPSA) is 32.3 Å². The van der Waals surface area contributed by atoms with Crippen LogP contribution >= 0.6 is 0 Å². The zero-order chi connectivity index (χ0) is 17.3. The van der Waals surface area contributed by atoms with Crippen LogP contribution in [0.5, 0.6) is 0 Å². The molecule has 132 valence electrons. The van der Waals surface area contributed by atoms with Crippen LogP contribution in [0.3, 0.4) is 0 Å². The maximum absolute atomic E-state index is 12.9. The largest absolute Gasteiger partial charge is 0.416 e. The molecule has 2 aliphatic heterocycles. The number of nitrogens with zero attached hydrogens (tertiary/aromatic N) is 1. The Bertz CT molecular complexity index is 571. The lowest BCUT2D eigenvalue weighted by Gasteiger charge is -2.30.